The molecule has 0 saturated carbocycles. The average Bonchev–Trinajstić information content (AvgIpc) is 2.55. The van der Waals surface area contributed by atoms with E-state index in [9.17, 15) is 5.11 Å². The van der Waals surface area contributed by atoms with Gasteiger partial charge in [0.1, 0.15) is 0 Å². The molecule has 88 valence electrons. The second kappa shape index (κ2) is 4.37. The molecule has 2 aliphatic heterocycles. The molecule has 0 aromatic heterocycles. The lowest BCUT2D eigenvalue weighted by Crippen LogP contribution is -2.59. The van der Waals surface area contributed by atoms with E-state index in [1.165, 1.54) is 12.8 Å². The van der Waals surface area contributed by atoms with Crippen LogP contribution in [-0.2, 0) is 4.74 Å². The lowest BCUT2D eigenvalue weighted by atomic mass is 9.82. The van der Waals surface area contributed by atoms with Crippen molar-refractivity contribution < 1.29 is 9.84 Å². The zero-order chi connectivity index (χ0) is 10.9. The summed E-state index contributed by atoms with van der Waals surface area (Å²) in [6.07, 6.45) is 3.90. The Hall–Kier alpha value is -0.160. The monoisotopic (exact) mass is 214 g/mol. The van der Waals surface area contributed by atoms with Gasteiger partial charge in [0.25, 0.3) is 0 Å². The molecule has 2 rings (SSSR count). The van der Waals surface area contributed by atoms with E-state index >= 15 is 0 Å². The highest BCUT2D eigenvalue weighted by atomic mass is 16.5. The second-order valence-electron chi connectivity index (χ2n) is 4.92. The molecule has 0 spiro atoms. The molecule has 2 fully saturated rings. The van der Waals surface area contributed by atoms with Crippen molar-refractivity contribution in [2.24, 2.45) is 5.73 Å². The number of aliphatic hydroxyl groups is 1. The molecule has 0 aliphatic carbocycles. The molecule has 2 saturated heterocycles. The van der Waals surface area contributed by atoms with Crippen molar-refractivity contribution in [2.75, 3.05) is 13.2 Å². The Balaban J connectivity index is 1.94. The van der Waals surface area contributed by atoms with Crippen LogP contribution in [0.1, 0.15) is 32.6 Å². The van der Waals surface area contributed by atoms with Gasteiger partial charge in [0.05, 0.1) is 18.2 Å². The highest BCUT2D eigenvalue weighted by molar-refractivity contribution is 5.04. The molecular formula is C11H22N2O2. The smallest absolute Gasteiger partial charge is 0.0850 e. The van der Waals surface area contributed by atoms with E-state index in [2.05, 4.69) is 5.32 Å². The third kappa shape index (κ3) is 2.33. The minimum atomic E-state index is -0.716. The third-order valence-corrected chi connectivity index (χ3v) is 3.73. The number of piperidine rings is 1. The molecule has 0 radical (unpaired) electrons. The number of fused-ring (bicyclic) bond motifs is 2. The van der Waals surface area contributed by atoms with E-state index < -0.39 is 5.60 Å². The first-order chi connectivity index (χ1) is 7.14. The fraction of sp³-hybridized carbons (Fsp3) is 1.00. The first-order valence-corrected chi connectivity index (χ1v) is 5.96. The van der Waals surface area contributed by atoms with Crippen molar-refractivity contribution in [3.8, 4) is 0 Å². The Bertz CT molecular complexity index is 211. The summed E-state index contributed by atoms with van der Waals surface area (Å²) in [4.78, 5) is 0. The van der Waals surface area contributed by atoms with Gasteiger partial charge in [0.15, 0.2) is 0 Å². The standard InChI is InChI=1S/C11H22N2O2/c1-2-15-7-10(12)11(14)5-8-3-4-9(6-11)13-8/h8-10,13-14H,2-7,12H2,1H3. The molecule has 2 aliphatic rings. The van der Waals surface area contributed by atoms with Crippen molar-refractivity contribution in [1.29, 1.82) is 0 Å². The molecule has 4 heteroatoms. The summed E-state index contributed by atoms with van der Waals surface area (Å²) in [6, 6.07) is 0.672. The molecule has 3 atom stereocenters. The maximum atomic E-state index is 10.5. The summed E-state index contributed by atoms with van der Waals surface area (Å²) < 4.78 is 5.30. The third-order valence-electron chi connectivity index (χ3n) is 3.73. The summed E-state index contributed by atoms with van der Waals surface area (Å²) in [5.74, 6) is 0. The van der Waals surface area contributed by atoms with Crippen LogP contribution in [0.5, 0.6) is 0 Å². The first-order valence-electron chi connectivity index (χ1n) is 5.96. The Labute approximate surface area is 91.2 Å². The van der Waals surface area contributed by atoms with Crippen LogP contribution in [0, 0.1) is 0 Å². The predicted octanol–water partition coefficient (Wildman–Crippen LogP) is -0.00430. The predicted molar refractivity (Wildman–Crippen MR) is 58.6 cm³/mol. The van der Waals surface area contributed by atoms with Crippen molar-refractivity contribution in [2.45, 2.75) is 56.3 Å². The Kier molecular flexibility index (Phi) is 3.30. The molecule has 15 heavy (non-hydrogen) atoms. The zero-order valence-electron chi connectivity index (χ0n) is 9.41. The lowest BCUT2D eigenvalue weighted by molar-refractivity contribution is -0.0509. The van der Waals surface area contributed by atoms with Crippen LogP contribution in [0.3, 0.4) is 0 Å². The van der Waals surface area contributed by atoms with Crippen LogP contribution >= 0.6 is 0 Å². The summed E-state index contributed by atoms with van der Waals surface area (Å²) in [6.45, 7) is 3.07. The summed E-state index contributed by atoms with van der Waals surface area (Å²) in [5.41, 5.74) is 5.30. The molecular weight excluding hydrogens is 192 g/mol. The molecule has 2 bridgehead atoms. The van der Waals surface area contributed by atoms with Gasteiger partial charge in [-0.25, -0.2) is 0 Å². The van der Waals surface area contributed by atoms with Crippen molar-refractivity contribution in [3.05, 3.63) is 0 Å². The topological polar surface area (TPSA) is 67.5 Å². The van der Waals surface area contributed by atoms with E-state index in [1.54, 1.807) is 0 Å². The van der Waals surface area contributed by atoms with Crippen molar-refractivity contribution in [3.63, 3.8) is 0 Å². The molecule has 0 aromatic rings. The maximum absolute atomic E-state index is 10.5. The quantitative estimate of drug-likeness (QED) is 0.616. The number of ether oxygens (including phenoxy) is 1. The van der Waals surface area contributed by atoms with Gasteiger partial charge >= 0.3 is 0 Å². The van der Waals surface area contributed by atoms with Crippen LogP contribution in [-0.4, -0.2) is 42.0 Å². The van der Waals surface area contributed by atoms with Crippen LogP contribution in [0.4, 0.5) is 0 Å². The molecule has 4 N–H and O–H groups in total. The molecule has 0 amide bonds. The summed E-state index contributed by atoms with van der Waals surface area (Å²) in [7, 11) is 0. The number of hydrogen-bond acceptors (Lipinski definition) is 4. The highest BCUT2D eigenvalue weighted by Crippen LogP contribution is 2.35. The number of hydrogen-bond donors (Lipinski definition) is 3. The van der Waals surface area contributed by atoms with Crippen LogP contribution < -0.4 is 11.1 Å². The fourth-order valence-corrected chi connectivity index (χ4v) is 2.86. The average molecular weight is 214 g/mol. The van der Waals surface area contributed by atoms with Gasteiger partial charge in [0.2, 0.25) is 0 Å². The fourth-order valence-electron chi connectivity index (χ4n) is 2.86. The van der Waals surface area contributed by atoms with Crippen molar-refractivity contribution >= 4 is 0 Å². The van der Waals surface area contributed by atoms with E-state index in [-0.39, 0.29) is 6.04 Å². The lowest BCUT2D eigenvalue weighted by Gasteiger charge is -2.40. The largest absolute Gasteiger partial charge is 0.388 e. The van der Waals surface area contributed by atoms with Crippen LogP contribution in [0.2, 0.25) is 0 Å². The van der Waals surface area contributed by atoms with E-state index in [1.807, 2.05) is 6.92 Å². The Morgan fingerprint density at radius 2 is 2.07 bits per heavy atom. The van der Waals surface area contributed by atoms with Gasteiger partial charge in [-0.2, -0.15) is 0 Å². The molecule has 3 unspecified atom stereocenters. The van der Waals surface area contributed by atoms with Gasteiger partial charge in [-0.3, -0.25) is 0 Å². The summed E-state index contributed by atoms with van der Waals surface area (Å²) >= 11 is 0. The molecule has 0 aromatic carbocycles. The van der Waals surface area contributed by atoms with E-state index in [0.29, 0.717) is 25.3 Å². The normalized spacial score (nSPS) is 41.8. The zero-order valence-corrected chi connectivity index (χ0v) is 9.41. The van der Waals surface area contributed by atoms with Gasteiger partial charge in [-0.15, -0.1) is 0 Å². The van der Waals surface area contributed by atoms with Crippen LogP contribution in [0.15, 0.2) is 0 Å². The van der Waals surface area contributed by atoms with E-state index in [4.69, 9.17) is 10.5 Å². The first kappa shape index (κ1) is 11.3. The SMILES string of the molecule is CCOCC(N)C1(O)CC2CCC(C1)N2. The van der Waals surface area contributed by atoms with Crippen molar-refractivity contribution in [1.82, 2.24) is 5.32 Å². The second-order valence-corrected chi connectivity index (χ2v) is 4.92. The van der Waals surface area contributed by atoms with Crippen LogP contribution in [0.25, 0.3) is 0 Å². The minimum absolute atomic E-state index is 0.248. The Morgan fingerprint density at radius 1 is 1.47 bits per heavy atom. The van der Waals surface area contributed by atoms with E-state index in [0.717, 1.165) is 12.8 Å². The maximum Gasteiger partial charge on any atom is 0.0850 e. The van der Waals surface area contributed by atoms with Gasteiger partial charge in [0, 0.05) is 18.7 Å². The minimum Gasteiger partial charge on any atom is -0.388 e. The highest BCUT2D eigenvalue weighted by Gasteiger charge is 2.45. The van der Waals surface area contributed by atoms with Gasteiger partial charge in [-0.1, -0.05) is 0 Å². The molecule has 2 heterocycles. The number of nitrogens with one attached hydrogen (secondary N) is 1. The number of nitrogens with two attached hydrogens (primary N) is 1. The number of rotatable bonds is 4. The van der Waals surface area contributed by atoms with Gasteiger partial charge in [-0.05, 0) is 32.6 Å². The van der Waals surface area contributed by atoms with Gasteiger partial charge < -0.3 is 20.9 Å². The summed E-state index contributed by atoms with van der Waals surface area (Å²) in [5, 5.41) is 14.0. The molecule has 4 nitrogen and oxygen atoms in total. The Morgan fingerprint density at radius 3 is 2.60 bits per heavy atom.